The number of phenols is 1. The average Bonchev–Trinajstić information content (AvgIpc) is 2.56. The molecule has 1 fully saturated rings. The molecule has 18 heavy (non-hydrogen) atoms. The Kier molecular flexibility index (Phi) is 3.04. The van der Waals surface area contributed by atoms with Crippen LogP contribution in [0.3, 0.4) is 0 Å². The molecule has 0 radical (unpaired) electrons. The van der Waals surface area contributed by atoms with Crippen molar-refractivity contribution in [3.8, 4) is 5.75 Å². The van der Waals surface area contributed by atoms with Gasteiger partial charge in [0.05, 0.1) is 29.7 Å². The van der Waals surface area contributed by atoms with E-state index in [1.54, 1.807) is 0 Å². The van der Waals surface area contributed by atoms with Gasteiger partial charge in [0.25, 0.3) is 0 Å². The number of hydrogen-bond acceptors (Lipinski definition) is 5. The number of aliphatic hydroxyl groups is 1. The van der Waals surface area contributed by atoms with Crippen molar-refractivity contribution in [3.63, 3.8) is 0 Å². The van der Waals surface area contributed by atoms with E-state index in [9.17, 15) is 23.4 Å². The average molecular weight is 271 g/mol. The van der Waals surface area contributed by atoms with E-state index in [4.69, 9.17) is 0 Å². The van der Waals surface area contributed by atoms with E-state index in [2.05, 4.69) is 0 Å². The number of benzene rings is 1. The SMILES string of the molecule is CS(=O)(=O)c1ccc(O)c(N2CC(O)CC2=O)c1. The van der Waals surface area contributed by atoms with Crippen LogP contribution in [0.4, 0.5) is 5.69 Å². The molecule has 98 valence electrons. The summed E-state index contributed by atoms with van der Waals surface area (Å²) in [5.74, 6) is -0.534. The number of carbonyl (C=O) groups is 1. The van der Waals surface area contributed by atoms with Gasteiger partial charge in [-0.15, -0.1) is 0 Å². The van der Waals surface area contributed by atoms with E-state index < -0.39 is 15.9 Å². The highest BCUT2D eigenvalue weighted by Gasteiger charge is 2.31. The molecule has 0 bridgehead atoms. The van der Waals surface area contributed by atoms with Crippen molar-refractivity contribution in [2.75, 3.05) is 17.7 Å². The predicted octanol–water partition coefficient (Wildman–Crippen LogP) is -0.107. The number of rotatable bonds is 2. The van der Waals surface area contributed by atoms with Gasteiger partial charge >= 0.3 is 0 Å². The molecule has 1 atom stereocenters. The van der Waals surface area contributed by atoms with Gasteiger partial charge in [0, 0.05) is 6.26 Å². The maximum absolute atomic E-state index is 11.6. The lowest BCUT2D eigenvalue weighted by atomic mass is 10.2. The minimum Gasteiger partial charge on any atom is -0.506 e. The van der Waals surface area contributed by atoms with Crippen molar-refractivity contribution in [1.82, 2.24) is 0 Å². The Morgan fingerprint density at radius 1 is 1.39 bits per heavy atom. The minimum absolute atomic E-state index is 0.0180. The van der Waals surface area contributed by atoms with Gasteiger partial charge in [-0.25, -0.2) is 8.42 Å². The molecule has 1 aromatic carbocycles. The topological polar surface area (TPSA) is 94.9 Å². The molecule has 2 rings (SSSR count). The van der Waals surface area contributed by atoms with E-state index >= 15 is 0 Å². The van der Waals surface area contributed by atoms with E-state index in [1.807, 2.05) is 0 Å². The second-order valence-corrected chi connectivity index (χ2v) is 6.30. The molecule has 0 spiro atoms. The second-order valence-electron chi connectivity index (χ2n) is 4.28. The van der Waals surface area contributed by atoms with Gasteiger partial charge < -0.3 is 15.1 Å². The van der Waals surface area contributed by atoms with E-state index in [0.717, 1.165) is 6.26 Å². The fourth-order valence-corrected chi connectivity index (χ4v) is 2.51. The van der Waals surface area contributed by atoms with Gasteiger partial charge in [0.2, 0.25) is 5.91 Å². The molecule has 0 saturated carbocycles. The summed E-state index contributed by atoms with van der Waals surface area (Å²) in [7, 11) is -3.41. The van der Waals surface area contributed by atoms with Crippen molar-refractivity contribution in [2.24, 2.45) is 0 Å². The highest BCUT2D eigenvalue weighted by molar-refractivity contribution is 7.90. The van der Waals surface area contributed by atoms with Crippen LogP contribution >= 0.6 is 0 Å². The quantitative estimate of drug-likeness (QED) is 0.782. The first-order chi connectivity index (χ1) is 8.29. The third-order valence-corrected chi connectivity index (χ3v) is 3.88. The Labute approximate surface area is 104 Å². The maximum atomic E-state index is 11.6. The van der Waals surface area contributed by atoms with Crippen LogP contribution in [0.2, 0.25) is 0 Å². The van der Waals surface area contributed by atoms with E-state index in [-0.39, 0.29) is 35.2 Å². The summed E-state index contributed by atoms with van der Waals surface area (Å²) in [6.07, 6.45) is 0.227. The number of nitrogens with zero attached hydrogens (tertiary/aromatic N) is 1. The van der Waals surface area contributed by atoms with Crippen molar-refractivity contribution < 1.29 is 23.4 Å². The number of amides is 1. The van der Waals surface area contributed by atoms with Crippen LogP contribution in [0, 0.1) is 0 Å². The second kappa shape index (κ2) is 4.25. The van der Waals surface area contributed by atoms with Crippen LogP contribution < -0.4 is 4.90 Å². The molecule has 1 aliphatic rings. The fourth-order valence-electron chi connectivity index (χ4n) is 1.87. The Hall–Kier alpha value is -1.60. The molecule has 1 unspecified atom stereocenters. The lowest BCUT2D eigenvalue weighted by molar-refractivity contribution is -0.117. The van der Waals surface area contributed by atoms with E-state index in [1.165, 1.54) is 23.1 Å². The molecular formula is C11H13NO5S. The van der Waals surface area contributed by atoms with Gasteiger partial charge in [-0.2, -0.15) is 0 Å². The number of phenolic OH excluding ortho intramolecular Hbond substituents is 1. The Morgan fingerprint density at radius 2 is 2.06 bits per heavy atom. The summed E-state index contributed by atoms with van der Waals surface area (Å²) in [4.78, 5) is 12.8. The summed E-state index contributed by atoms with van der Waals surface area (Å²) in [5, 5.41) is 19.1. The Bertz CT molecular complexity index is 595. The third-order valence-electron chi connectivity index (χ3n) is 2.77. The molecule has 6 nitrogen and oxygen atoms in total. The first-order valence-electron chi connectivity index (χ1n) is 5.30. The zero-order valence-corrected chi connectivity index (χ0v) is 10.5. The number of aromatic hydroxyl groups is 1. The number of hydrogen-bond donors (Lipinski definition) is 2. The molecule has 1 heterocycles. The smallest absolute Gasteiger partial charge is 0.229 e. The first kappa shape index (κ1) is 12.8. The predicted molar refractivity (Wildman–Crippen MR) is 64.2 cm³/mol. The summed E-state index contributed by atoms with van der Waals surface area (Å²) in [6, 6.07) is 3.73. The lowest BCUT2D eigenvalue weighted by Gasteiger charge is -2.17. The summed E-state index contributed by atoms with van der Waals surface area (Å²) >= 11 is 0. The number of aliphatic hydroxyl groups excluding tert-OH is 1. The summed E-state index contributed by atoms with van der Waals surface area (Å²) in [5.41, 5.74) is 0.111. The largest absolute Gasteiger partial charge is 0.506 e. The number of β-amino-alcohol motifs (C(OH)–C–C–N with tert-alkyl or cyclic N) is 1. The van der Waals surface area contributed by atoms with Crippen LogP contribution in [-0.4, -0.2) is 43.4 Å². The molecule has 1 aromatic rings. The Balaban J connectivity index is 2.48. The minimum atomic E-state index is -3.41. The van der Waals surface area contributed by atoms with Crippen molar-refractivity contribution in [2.45, 2.75) is 17.4 Å². The lowest BCUT2D eigenvalue weighted by Crippen LogP contribution is -2.25. The molecule has 1 amide bonds. The van der Waals surface area contributed by atoms with Gasteiger partial charge in [0.15, 0.2) is 9.84 Å². The van der Waals surface area contributed by atoms with Crippen LogP contribution in [0.15, 0.2) is 23.1 Å². The first-order valence-corrected chi connectivity index (χ1v) is 7.19. The number of anilines is 1. The molecular weight excluding hydrogens is 258 g/mol. The van der Waals surface area contributed by atoms with Crippen molar-refractivity contribution in [3.05, 3.63) is 18.2 Å². The van der Waals surface area contributed by atoms with Gasteiger partial charge in [-0.3, -0.25) is 4.79 Å². The van der Waals surface area contributed by atoms with Crippen LogP contribution in [-0.2, 0) is 14.6 Å². The molecule has 2 N–H and O–H groups in total. The zero-order chi connectivity index (χ0) is 13.5. The van der Waals surface area contributed by atoms with E-state index in [0.29, 0.717) is 0 Å². The standard InChI is InChI=1S/C11H13NO5S/c1-18(16,17)8-2-3-10(14)9(5-8)12-6-7(13)4-11(12)15/h2-3,5,7,13-14H,4,6H2,1H3. The molecule has 7 heteroatoms. The number of sulfone groups is 1. The van der Waals surface area contributed by atoms with Gasteiger partial charge in [-0.1, -0.05) is 0 Å². The zero-order valence-electron chi connectivity index (χ0n) is 9.70. The van der Waals surface area contributed by atoms with Gasteiger partial charge in [0.1, 0.15) is 5.75 Å². The van der Waals surface area contributed by atoms with Crippen molar-refractivity contribution >= 4 is 21.4 Å². The molecule has 1 aliphatic heterocycles. The van der Waals surface area contributed by atoms with Crippen LogP contribution in [0.1, 0.15) is 6.42 Å². The van der Waals surface area contributed by atoms with Crippen molar-refractivity contribution in [1.29, 1.82) is 0 Å². The molecule has 0 aliphatic carbocycles. The monoisotopic (exact) mass is 271 g/mol. The highest BCUT2D eigenvalue weighted by atomic mass is 32.2. The summed E-state index contributed by atoms with van der Waals surface area (Å²) < 4.78 is 22.8. The maximum Gasteiger partial charge on any atom is 0.229 e. The normalized spacial score (nSPS) is 20.4. The highest BCUT2D eigenvalue weighted by Crippen LogP contribution is 2.32. The number of carbonyl (C=O) groups excluding carboxylic acids is 1. The molecule has 0 aromatic heterocycles. The summed E-state index contributed by atoms with van der Waals surface area (Å²) in [6.45, 7) is 0.0552. The van der Waals surface area contributed by atoms with Crippen LogP contribution in [0.25, 0.3) is 0 Å². The van der Waals surface area contributed by atoms with Gasteiger partial charge in [-0.05, 0) is 18.2 Å². The van der Waals surface area contributed by atoms with Crippen LogP contribution in [0.5, 0.6) is 5.75 Å². The third kappa shape index (κ3) is 2.32. The molecule has 1 saturated heterocycles. The Morgan fingerprint density at radius 3 is 2.56 bits per heavy atom. The fraction of sp³-hybridized carbons (Fsp3) is 0.364.